The molecule has 0 bridgehead atoms. The summed E-state index contributed by atoms with van der Waals surface area (Å²) in [6.07, 6.45) is 3.02. The van der Waals surface area contributed by atoms with Gasteiger partial charge in [0, 0.05) is 19.3 Å². The largest absolute Gasteiger partial charge is 0.463 e. The van der Waals surface area contributed by atoms with Gasteiger partial charge in [-0.25, -0.2) is 9.97 Å². The molecule has 0 saturated heterocycles. The first-order valence-corrected chi connectivity index (χ1v) is 8.85. The molecule has 9 heteroatoms. The van der Waals surface area contributed by atoms with Crippen LogP contribution in [-0.2, 0) is 0 Å². The number of carbonyl (C=O) groups is 1. The van der Waals surface area contributed by atoms with Crippen LogP contribution in [0.4, 0.5) is 5.82 Å². The average Bonchev–Trinajstić information content (AvgIpc) is 3.41. The number of hydrogen-bond acceptors (Lipinski definition) is 8. The standard InChI is InChI=1S/C20H16N6O3/c1-12-18-14(9-15(16-3-2-8-28-16)25-20(18)29-26-12)19(27)23-7-6-22-17-5-4-13(10-21)11-24-17/h2-5,8-9,11H,6-7H2,1H3,(H,22,24)(H,23,27). The van der Waals surface area contributed by atoms with E-state index in [1.54, 1.807) is 37.3 Å². The number of nitrogens with one attached hydrogen (secondary N) is 2. The summed E-state index contributed by atoms with van der Waals surface area (Å²) >= 11 is 0. The van der Waals surface area contributed by atoms with E-state index in [-0.39, 0.29) is 11.6 Å². The van der Waals surface area contributed by atoms with Gasteiger partial charge in [0.15, 0.2) is 5.76 Å². The number of pyridine rings is 2. The maximum absolute atomic E-state index is 12.8. The Morgan fingerprint density at radius 3 is 2.90 bits per heavy atom. The first kappa shape index (κ1) is 18.2. The molecule has 4 rings (SSSR count). The molecule has 1 amide bonds. The zero-order chi connectivity index (χ0) is 20.2. The molecule has 29 heavy (non-hydrogen) atoms. The zero-order valence-corrected chi connectivity index (χ0v) is 15.5. The SMILES string of the molecule is Cc1noc2nc(-c3ccco3)cc(C(=O)NCCNc3ccc(C#N)cn3)c12. The molecule has 4 aromatic heterocycles. The summed E-state index contributed by atoms with van der Waals surface area (Å²) < 4.78 is 10.6. The van der Waals surface area contributed by atoms with Crippen LogP contribution < -0.4 is 10.6 Å². The van der Waals surface area contributed by atoms with Gasteiger partial charge in [0.05, 0.1) is 28.5 Å². The van der Waals surface area contributed by atoms with E-state index in [2.05, 4.69) is 25.8 Å². The van der Waals surface area contributed by atoms with Gasteiger partial charge >= 0.3 is 0 Å². The molecule has 0 aliphatic carbocycles. The Kier molecular flexibility index (Phi) is 4.90. The molecular weight excluding hydrogens is 372 g/mol. The number of aromatic nitrogens is 3. The van der Waals surface area contributed by atoms with Gasteiger partial charge in [-0.2, -0.15) is 5.26 Å². The van der Waals surface area contributed by atoms with Gasteiger partial charge in [0.1, 0.15) is 17.6 Å². The van der Waals surface area contributed by atoms with Gasteiger partial charge in [-0.15, -0.1) is 0 Å². The van der Waals surface area contributed by atoms with Crippen molar-refractivity contribution in [1.29, 1.82) is 5.26 Å². The van der Waals surface area contributed by atoms with Gasteiger partial charge in [0.25, 0.3) is 11.6 Å². The Morgan fingerprint density at radius 2 is 2.17 bits per heavy atom. The molecule has 0 saturated carbocycles. The maximum Gasteiger partial charge on any atom is 0.259 e. The van der Waals surface area contributed by atoms with Crippen molar-refractivity contribution in [3.63, 3.8) is 0 Å². The number of hydrogen-bond donors (Lipinski definition) is 2. The van der Waals surface area contributed by atoms with Crippen molar-refractivity contribution in [2.75, 3.05) is 18.4 Å². The van der Waals surface area contributed by atoms with Crippen molar-refractivity contribution < 1.29 is 13.7 Å². The van der Waals surface area contributed by atoms with Crippen LogP contribution in [0.25, 0.3) is 22.6 Å². The van der Waals surface area contributed by atoms with Gasteiger partial charge in [-0.3, -0.25) is 4.79 Å². The monoisotopic (exact) mass is 388 g/mol. The minimum Gasteiger partial charge on any atom is -0.463 e. The number of nitrogens with zero attached hydrogens (tertiary/aromatic N) is 4. The summed E-state index contributed by atoms with van der Waals surface area (Å²) in [6, 6.07) is 10.6. The smallest absolute Gasteiger partial charge is 0.259 e. The lowest BCUT2D eigenvalue weighted by Gasteiger charge is -2.09. The lowest BCUT2D eigenvalue weighted by molar-refractivity contribution is 0.0956. The lowest BCUT2D eigenvalue weighted by atomic mass is 10.1. The number of aryl methyl sites for hydroxylation is 1. The molecule has 0 aliphatic heterocycles. The summed E-state index contributed by atoms with van der Waals surface area (Å²) in [6.45, 7) is 2.59. The Bertz CT molecular complexity index is 1190. The molecule has 0 aliphatic rings. The molecule has 4 heterocycles. The Labute approximate surface area is 165 Å². The second kappa shape index (κ2) is 7.82. The van der Waals surface area contributed by atoms with Crippen LogP contribution in [0.15, 0.2) is 51.7 Å². The van der Waals surface area contributed by atoms with E-state index in [9.17, 15) is 4.79 Å². The molecule has 0 atom stereocenters. The van der Waals surface area contributed by atoms with E-state index in [1.165, 1.54) is 12.5 Å². The topological polar surface area (TPSA) is 130 Å². The van der Waals surface area contributed by atoms with Gasteiger partial charge in [0.2, 0.25) is 0 Å². The third kappa shape index (κ3) is 3.77. The summed E-state index contributed by atoms with van der Waals surface area (Å²) in [7, 11) is 0. The van der Waals surface area contributed by atoms with Crippen LogP contribution in [0.3, 0.4) is 0 Å². The molecule has 0 spiro atoms. The number of rotatable bonds is 6. The van der Waals surface area contributed by atoms with Crippen LogP contribution in [-0.4, -0.2) is 34.1 Å². The first-order chi connectivity index (χ1) is 14.2. The van der Waals surface area contributed by atoms with E-state index in [4.69, 9.17) is 14.2 Å². The molecule has 2 N–H and O–H groups in total. The van der Waals surface area contributed by atoms with E-state index in [0.29, 0.717) is 52.6 Å². The minimum absolute atomic E-state index is 0.272. The fourth-order valence-electron chi connectivity index (χ4n) is 2.85. The highest BCUT2D eigenvalue weighted by atomic mass is 16.5. The highest BCUT2D eigenvalue weighted by molar-refractivity contribution is 6.06. The van der Waals surface area contributed by atoms with Crippen molar-refractivity contribution in [3.05, 3.63) is 59.6 Å². The summed E-state index contributed by atoms with van der Waals surface area (Å²) in [5, 5.41) is 19.2. The normalized spacial score (nSPS) is 10.6. The second-order valence-electron chi connectivity index (χ2n) is 6.21. The van der Waals surface area contributed by atoms with E-state index >= 15 is 0 Å². The Morgan fingerprint density at radius 1 is 1.28 bits per heavy atom. The van der Waals surface area contributed by atoms with E-state index in [1.807, 2.05) is 6.07 Å². The fraction of sp³-hybridized carbons (Fsp3) is 0.150. The van der Waals surface area contributed by atoms with Crippen LogP contribution in [0, 0.1) is 18.3 Å². The molecule has 144 valence electrons. The number of fused-ring (bicyclic) bond motifs is 1. The highest BCUT2D eigenvalue weighted by Crippen LogP contribution is 2.27. The molecular formula is C20H16N6O3. The zero-order valence-electron chi connectivity index (χ0n) is 15.5. The summed E-state index contributed by atoms with van der Waals surface area (Å²) in [5.41, 5.74) is 2.26. The van der Waals surface area contributed by atoms with Crippen molar-refractivity contribution in [2.45, 2.75) is 6.92 Å². The lowest BCUT2D eigenvalue weighted by Crippen LogP contribution is -2.29. The van der Waals surface area contributed by atoms with E-state index < -0.39 is 0 Å². The van der Waals surface area contributed by atoms with Crippen molar-refractivity contribution >= 4 is 22.8 Å². The molecule has 0 aromatic carbocycles. The predicted molar refractivity (Wildman–Crippen MR) is 104 cm³/mol. The molecule has 0 fully saturated rings. The molecule has 4 aromatic rings. The first-order valence-electron chi connectivity index (χ1n) is 8.85. The predicted octanol–water partition coefficient (Wildman–Crippen LogP) is 2.90. The molecule has 0 radical (unpaired) electrons. The van der Waals surface area contributed by atoms with E-state index in [0.717, 1.165) is 0 Å². The minimum atomic E-state index is -0.272. The van der Waals surface area contributed by atoms with Gasteiger partial charge in [-0.1, -0.05) is 5.16 Å². The van der Waals surface area contributed by atoms with Crippen LogP contribution in [0.2, 0.25) is 0 Å². The van der Waals surface area contributed by atoms with Crippen LogP contribution in [0.5, 0.6) is 0 Å². The third-order valence-electron chi connectivity index (χ3n) is 4.24. The van der Waals surface area contributed by atoms with Crippen LogP contribution >= 0.6 is 0 Å². The number of nitriles is 1. The Balaban J connectivity index is 1.47. The summed E-state index contributed by atoms with van der Waals surface area (Å²) in [4.78, 5) is 21.3. The molecule has 9 nitrogen and oxygen atoms in total. The number of amides is 1. The van der Waals surface area contributed by atoms with Crippen molar-refractivity contribution in [3.8, 4) is 17.5 Å². The molecule has 0 unspecified atom stereocenters. The van der Waals surface area contributed by atoms with Crippen molar-refractivity contribution in [2.24, 2.45) is 0 Å². The maximum atomic E-state index is 12.8. The average molecular weight is 388 g/mol. The third-order valence-corrected chi connectivity index (χ3v) is 4.24. The van der Waals surface area contributed by atoms with Crippen LogP contribution in [0.1, 0.15) is 21.6 Å². The Hall–Kier alpha value is -4.19. The van der Waals surface area contributed by atoms with Gasteiger partial charge in [-0.05, 0) is 37.3 Å². The fourth-order valence-corrected chi connectivity index (χ4v) is 2.85. The highest BCUT2D eigenvalue weighted by Gasteiger charge is 2.19. The second-order valence-corrected chi connectivity index (χ2v) is 6.21. The quantitative estimate of drug-likeness (QED) is 0.482. The number of furan rings is 1. The number of anilines is 1. The summed E-state index contributed by atoms with van der Waals surface area (Å²) in [5.74, 6) is 0.884. The van der Waals surface area contributed by atoms with Gasteiger partial charge < -0.3 is 19.6 Å². The number of carbonyl (C=O) groups excluding carboxylic acids is 1. The van der Waals surface area contributed by atoms with Crippen molar-refractivity contribution in [1.82, 2.24) is 20.4 Å².